The SMILES string of the molecule is CC.O=C(Cl)c1cocc1C(=O)Cl. The van der Waals surface area contributed by atoms with Crippen molar-refractivity contribution in [2.75, 3.05) is 0 Å². The average molecular weight is 223 g/mol. The maximum Gasteiger partial charge on any atom is 0.256 e. The van der Waals surface area contributed by atoms with Crippen LogP contribution in [0.2, 0.25) is 0 Å². The smallest absolute Gasteiger partial charge is 0.256 e. The van der Waals surface area contributed by atoms with Crippen LogP contribution in [0.3, 0.4) is 0 Å². The van der Waals surface area contributed by atoms with E-state index < -0.39 is 10.5 Å². The van der Waals surface area contributed by atoms with Gasteiger partial charge in [-0.25, -0.2) is 0 Å². The zero-order chi connectivity index (χ0) is 10.4. The van der Waals surface area contributed by atoms with Crippen LogP contribution in [0.1, 0.15) is 34.6 Å². The lowest BCUT2D eigenvalue weighted by Crippen LogP contribution is -1.95. The van der Waals surface area contributed by atoms with Gasteiger partial charge >= 0.3 is 0 Å². The van der Waals surface area contributed by atoms with Crippen LogP contribution in [0.25, 0.3) is 0 Å². The highest BCUT2D eigenvalue weighted by Gasteiger charge is 2.15. The van der Waals surface area contributed by atoms with Crippen LogP contribution in [0.4, 0.5) is 0 Å². The van der Waals surface area contributed by atoms with E-state index in [4.69, 9.17) is 23.2 Å². The molecule has 72 valence electrons. The largest absolute Gasteiger partial charge is 0.471 e. The zero-order valence-corrected chi connectivity index (χ0v) is 8.65. The fraction of sp³-hybridized carbons (Fsp3) is 0.250. The summed E-state index contributed by atoms with van der Waals surface area (Å²) in [7, 11) is 0. The van der Waals surface area contributed by atoms with Crippen LogP contribution in [0, 0.1) is 0 Å². The van der Waals surface area contributed by atoms with Crippen LogP contribution in [0.5, 0.6) is 0 Å². The zero-order valence-electron chi connectivity index (χ0n) is 7.14. The summed E-state index contributed by atoms with van der Waals surface area (Å²) in [6, 6.07) is 0. The third-order valence-electron chi connectivity index (χ3n) is 1.09. The Hall–Kier alpha value is -0.800. The summed E-state index contributed by atoms with van der Waals surface area (Å²) in [5.41, 5.74) is -0.0154. The quantitative estimate of drug-likeness (QED) is 0.723. The van der Waals surface area contributed by atoms with E-state index in [1.807, 2.05) is 13.8 Å². The monoisotopic (exact) mass is 222 g/mol. The molecule has 13 heavy (non-hydrogen) atoms. The lowest BCUT2D eigenvalue weighted by atomic mass is 10.2. The molecule has 1 aromatic heterocycles. The Morgan fingerprint density at radius 3 is 1.62 bits per heavy atom. The van der Waals surface area contributed by atoms with E-state index in [1.54, 1.807) is 0 Å². The normalized spacial score (nSPS) is 8.62. The second-order valence-electron chi connectivity index (χ2n) is 1.75. The van der Waals surface area contributed by atoms with Crippen molar-refractivity contribution in [1.82, 2.24) is 0 Å². The highest BCUT2D eigenvalue weighted by atomic mass is 35.5. The van der Waals surface area contributed by atoms with Gasteiger partial charge in [0.15, 0.2) is 0 Å². The highest BCUT2D eigenvalue weighted by Crippen LogP contribution is 2.14. The minimum atomic E-state index is -0.761. The van der Waals surface area contributed by atoms with Crippen LogP contribution in [0.15, 0.2) is 16.9 Å². The second kappa shape index (κ2) is 5.78. The molecule has 1 rings (SSSR count). The molecule has 0 fully saturated rings. The van der Waals surface area contributed by atoms with Gasteiger partial charge < -0.3 is 4.42 Å². The van der Waals surface area contributed by atoms with Crippen LogP contribution in [-0.4, -0.2) is 10.5 Å². The molecule has 0 aliphatic rings. The van der Waals surface area contributed by atoms with E-state index >= 15 is 0 Å². The molecule has 0 aromatic carbocycles. The summed E-state index contributed by atoms with van der Waals surface area (Å²) in [6.07, 6.45) is 2.15. The molecule has 0 spiro atoms. The van der Waals surface area contributed by atoms with Gasteiger partial charge in [0, 0.05) is 0 Å². The van der Waals surface area contributed by atoms with Crippen molar-refractivity contribution in [1.29, 1.82) is 0 Å². The van der Waals surface area contributed by atoms with Gasteiger partial charge in [-0.1, -0.05) is 13.8 Å². The topological polar surface area (TPSA) is 47.3 Å². The van der Waals surface area contributed by atoms with E-state index in [-0.39, 0.29) is 11.1 Å². The Kier molecular flexibility index (Phi) is 5.42. The maximum absolute atomic E-state index is 10.5. The first kappa shape index (κ1) is 12.2. The number of rotatable bonds is 2. The highest BCUT2D eigenvalue weighted by molar-refractivity contribution is 6.71. The van der Waals surface area contributed by atoms with Crippen molar-refractivity contribution >= 4 is 33.7 Å². The third kappa shape index (κ3) is 3.20. The molecule has 1 aromatic rings. The molecule has 1 heterocycles. The maximum atomic E-state index is 10.5. The van der Waals surface area contributed by atoms with Gasteiger partial charge in [-0.2, -0.15) is 0 Å². The minimum Gasteiger partial charge on any atom is -0.471 e. The van der Waals surface area contributed by atoms with Gasteiger partial charge in [-0.05, 0) is 23.2 Å². The molecule has 0 amide bonds. The number of carbonyl (C=O) groups excluding carboxylic acids is 2. The Morgan fingerprint density at radius 1 is 1.08 bits per heavy atom. The van der Waals surface area contributed by atoms with E-state index in [0.29, 0.717) is 0 Å². The molecule has 0 atom stereocenters. The van der Waals surface area contributed by atoms with Gasteiger partial charge in [0.05, 0.1) is 11.1 Å². The number of carbonyl (C=O) groups is 2. The molecule has 0 aliphatic carbocycles. The van der Waals surface area contributed by atoms with Crippen LogP contribution < -0.4 is 0 Å². The average Bonchev–Trinajstić information content (AvgIpc) is 2.55. The summed E-state index contributed by atoms with van der Waals surface area (Å²) < 4.78 is 4.56. The van der Waals surface area contributed by atoms with Crippen molar-refractivity contribution < 1.29 is 14.0 Å². The molecule has 0 saturated carbocycles. The Labute approximate surface area is 85.6 Å². The van der Waals surface area contributed by atoms with Gasteiger partial charge in [-0.15, -0.1) is 0 Å². The first-order valence-corrected chi connectivity index (χ1v) is 4.34. The third-order valence-corrected chi connectivity index (χ3v) is 1.49. The predicted octanol–water partition coefficient (Wildman–Crippen LogP) is 3.06. The van der Waals surface area contributed by atoms with Gasteiger partial charge in [0.1, 0.15) is 12.5 Å². The summed E-state index contributed by atoms with van der Waals surface area (Å²) in [5.74, 6) is 0. The fourth-order valence-electron chi connectivity index (χ4n) is 0.601. The number of hydrogen-bond donors (Lipinski definition) is 0. The summed E-state index contributed by atoms with van der Waals surface area (Å²) in [5, 5.41) is -1.52. The van der Waals surface area contributed by atoms with Gasteiger partial charge in [0.25, 0.3) is 10.5 Å². The molecular formula is C8H8Cl2O3. The van der Waals surface area contributed by atoms with E-state index in [2.05, 4.69) is 4.42 Å². The Morgan fingerprint density at radius 2 is 1.38 bits per heavy atom. The number of furan rings is 1. The van der Waals surface area contributed by atoms with Crippen LogP contribution >= 0.6 is 23.2 Å². The Balaban J connectivity index is 0.000000671. The summed E-state index contributed by atoms with van der Waals surface area (Å²) in [4.78, 5) is 21.1. The molecule has 0 radical (unpaired) electrons. The van der Waals surface area contributed by atoms with Crippen molar-refractivity contribution in [2.45, 2.75) is 13.8 Å². The van der Waals surface area contributed by atoms with Crippen LogP contribution in [-0.2, 0) is 0 Å². The minimum absolute atomic E-state index is 0.00772. The van der Waals surface area contributed by atoms with Gasteiger partial charge in [-0.3, -0.25) is 9.59 Å². The van der Waals surface area contributed by atoms with Crippen molar-refractivity contribution in [3.63, 3.8) is 0 Å². The molecular weight excluding hydrogens is 215 g/mol. The second-order valence-corrected chi connectivity index (χ2v) is 2.43. The molecule has 0 aliphatic heterocycles. The number of hydrogen-bond acceptors (Lipinski definition) is 3. The lowest BCUT2D eigenvalue weighted by Gasteiger charge is -1.86. The van der Waals surface area contributed by atoms with E-state index in [0.717, 1.165) is 12.5 Å². The molecule has 0 N–H and O–H groups in total. The van der Waals surface area contributed by atoms with E-state index in [9.17, 15) is 9.59 Å². The first-order valence-electron chi connectivity index (χ1n) is 3.58. The molecule has 0 unspecified atom stereocenters. The fourth-order valence-corrected chi connectivity index (χ4v) is 0.894. The first-order chi connectivity index (χ1) is 6.13. The molecule has 3 nitrogen and oxygen atoms in total. The van der Waals surface area contributed by atoms with Gasteiger partial charge in [0.2, 0.25) is 0 Å². The molecule has 0 bridgehead atoms. The standard InChI is InChI=1S/C6H2Cl2O3.C2H6/c7-5(9)3-1-11-2-4(3)6(8)10;1-2/h1-2H;1-2H3. The number of halogens is 2. The summed E-state index contributed by atoms with van der Waals surface area (Å²) >= 11 is 10.2. The molecule has 5 heteroatoms. The predicted molar refractivity (Wildman–Crippen MR) is 50.4 cm³/mol. The Bertz CT molecular complexity index is 276. The van der Waals surface area contributed by atoms with Crippen molar-refractivity contribution in [2.24, 2.45) is 0 Å². The van der Waals surface area contributed by atoms with Crippen molar-refractivity contribution in [3.8, 4) is 0 Å². The van der Waals surface area contributed by atoms with E-state index in [1.165, 1.54) is 0 Å². The molecule has 0 saturated heterocycles. The summed E-state index contributed by atoms with van der Waals surface area (Å²) in [6.45, 7) is 4.00. The van der Waals surface area contributed by atoms with Crippen molar-refractivity contribution in [3.05, 3.63) is 23.7 Å². The lowest BCUT2D eigenvalue weighted by molar-refractivity contribution is 0.105.